The van der Waals surface area contributed by atoms with Gasteiger partial charge in [0.1, 0.15) is 11.6 Å². The third-order valence-corrected chi connectivity index (χ3v) is 12.1. The number of hydrogen-bond acceptors (Lipinski definition) is 7. The highest BCUT2D eigenvalue weighted by Crippen LogP contribution is 2.41. The Kier molecular flexibility index (Phi) is 9.72. The van der Waals surface area contributed by atoms with Crippen LogP contribution in [0.5, 0.6) is 0 Å². The summed E-state index contributed by atoms with van der Waals surface area (Å²) in [7, 11) is 4.09. The maximum absolute atomic E-state index is 14.3. The lowest BCUT2D eigenvalue weighted by Crippen LogP contribution is -2.43. The lowest BCUT2D eigenvalue weighted by molar-refractivity contribution is -0.143. The summed E-state index contributed by atoms with van der Waals surface area (Å²) in [5.41, 5.74) is 4.25. The van der Waals surface area contributed by atoms with E-state index in [1.807, 2.05) is 30.1 Å². The van der Waals surface area contributed by atoms with Crippen LogP contribution in [-0.2, 0) is 24.7 Å². The number of halogens is 1. The lowest BCUT2D eigenvalue weighted by atomic mass is 9.77. The second kappa shape index (κ2) is 14.1. The number of benzene rings is 1. The van der Waals surface area contributed by atoms with Crippen LogP contribution in [0.3, 0.4) is 0 Å². The Morgan fingerprint density at radius 2 is 1.83 bits per heavy atom. The summed E-state index contributed by atoms with van der Waals surface area (Å²) in [6.45, 7) is 3.10. The standard InChI is InChI=1S/C38H52FN7O2/c1-4-35(24-11-13-25(14-12-24)37(47)48)45(3)38-41-32-18-15-27(26-7-5-8-28(39)21-26)22-31(32)36(42-38)40-34(33-19-20-44(2)43-33)23-46-29-9-6-10-30(46)17-16-29/h5,7-8,19-21,24-25,27,29-30,34-35H,4,6,9-18,22-23H2,1-3H3,(H,47,48)(H,40,41,42)/t24?,25?,27-,29-,30?,34+,35-/m1/s1. The molecular formula is C38H52FN7O2. The summed E-state index contributed by atoms with van der Waals surface area (Å²) in [5, 5.41) is 18.4. The number of rotatable bonds is 11. The molecule has 1 saturated carbocycles. The lowest BCUT2D eigenvalue weighted by Gasteiger charge is -2.39. The molecule has 2 bridgehead atoms. The molecule has 9 nitrogen and oxygen atoms in total. The van der Waals surface area contributed by atoms with Gasteiger partial charge < -0.3 is 15.3 Å². The van der Waals surface area contributed by atoms with E-state index in [0.717, 1.165) is 92.2 Å². The van der Waals surface area contributed by atoms with Crippen molar-refractivity contribution in [3.05, 3.63) is 64.9 Å². The Balaban J connectivity index is 1.22. The molecule has 1 unspecified atom stereocenters. The zero-order valence-electron chi connectivity index (χ0n) is 28.8. The van der Waals surface area contributed by atoms with Crippen LogP contribution in [0.1, 0.15) is 112 Å². The van der Waals surface area contributed by atoms with Crippen LogP contribution >= 0.6 is 0 Å². The van der Waals surface area contributed by atoms with E-state index in [-0.39, 0.29) is 29.7 Å². The molecule has 10 heteroatoms. The van der Waals surface area contributed by atoms with Crippen molar-refractivity contribution in [3.8, 4) is 0 Å². The van der Waals surface area contributed by atoms with Gasteiger partial charge in [-0.25, -0.2) is 9.37 Å². The largest absolute Gasteiger partial charge is 0.481 e. The molecule has 0 spiro atoms. The molecule has 0 amide bonds. The van der Waals surface area contributed by atoms with Crippen molar-refractivity contribution in [3.63, 3.8) is 0 Å². The van der Waals surface area contributed by atoms with E-state index in [9.17, 15) is 14.3 Å². The van der Waals surface area contributed by atoms with E-state index >= 15 is 0 Å². The number of carboxylic acid groups (broad SMARTS) is 1. The van der Waals surface area contributed by atoms with Crippen molar-refractivity contribution in [2.45, 2.75) is 120 Å². The molecule has 48 heavy (non-hydrogen) atoms. The Labute approximate surface area is 284 Å². The number of piperidine rings is 1. The van der Waals surface area contributed by atoms with E-state index in [4.69, 9.17) is 15.1 Å². The normalized spacial score (nSPS) is 26.9. The maximum atomic E-state index is 14.3. The van der Waals surface area contributed by atoms with Crippen LogP contribution in [-0.4, -0.2) is 67.4 Å². The third kappa shape index (κ3) is 6.82. The summed E-state index contributed by atoms with van der Waals surface area (Å²) >= 11 is 0. The van der Waals surface area contributed by atoms with Crippen LogP contribution < -0.4 is 10.2 Å². The van der Waals surface area contributed by atoms with Gasteiger partial charge >= 0.3 is 5.97 Å². The van der Waals surface area contributed by atoms with Gasteiger partial charge in [0.25, 0.3) is 0 Å². The Bertz CT molecular complexity index is 1570. The number of anilines is 2. The average molecular weight is 658 g/mol. The van der Waals surface area contributed by atoms with E-state index in [1.54, 1.807) is 6.07 Å². The average Bonchev–Trinajstić information content (AvgIpc) is 3.61. The quantitative estimate of drug-likeness (QED) is 0.230. The smallest absolute Gasteiger partial charge is 0.306 e. The number of fused-ring (bicyclic) bond motifs is 3. The summed E-state index contributed by atoms with van der Waals surface area (Å²) in [6, 6.07) is 10.6. The van der Waals surface area contributed by atoms with Crippen LogP contribution in [0.15, 0.2) is 36.5 Å². The molecule has 4 aliphatic rings. The number of aromatic nitrogens is 4. The van der Waals surface area contributed by atoms with Crippen molar-refractivity contribution in [2.24, 2.45) is 18.9 Å². The van der Waals surface area contributed by atoms with Crippen molar-refractivity contribution in [1.82, 2.24) is 24.6 Å². The molecule has 2 aliphatic carbocycles. The van der Waals surface area contributed by atoms with Crippen LogP contribution in [0.2, 0.25) is 0 Å². The minimum absolute atomic E-state index is 0.0348. The second-order valence-corrected chi connectivity index (χ2v) is 15.0. The number of aliphatic carboxylic acids is 1. The van der Waals surface area contributed by atoms with Gasteiger partial charge in [-0.2, -0.15) is 10.1 Å². The molecule has 2 saturated heterocycles. The van der Waals surface area contributed by atoms with Crippen molar-refractivity contribution >= 4 is 17.7 Å². The highest BCUT2D eigenvalue weighted by Gasteiger charge is 2.39. The first-order valence-electron chi connectivity index (χ1n) is 18.4. The van der Waals surface area contributed by atoms with Gasteiger partial charge in [-0.1, -0.05) is 25.5 Å². The first-order valence-corrected chi connectivity index (χ1v) is 18.4. The molecule has 1 aromatic carbocycles. The SMILES string of the molecule is CC[C@H](C1CCC(C(=O)O)CC1)N(C)c1nc2c(c(N[C@@H](CN3C4CCC[C@@H]3CC4)c3ccn(C)n3)n1)C[C@H](c1cccc(F)c1)CC2. The molecule has 258 valence electrons. The molecule has 5 atom stereocenters. The molecule has 2 aliphatic heterocycles. The van der Waals surface area contributed by atoms with Crippen LogP contribution in [0, 0.1) is 17.7 Å². The Hall–Kier alpha value is -3.53. The summed E-state index contributed by atoms with van der Waals surface area (Å²) < 4.78 is 16.2. The van der Waals surface area contributed by atoms with Gasteiger partial charge in [-0.15, -0.1) is 0 Å². The zero-order valence-corrected chi connectivity index (χ0v) is 28.8. The monoisotopic (exact) mass is 657 g/mol. The first-order chi connectivity index (χ1) is 23.3. The minimum atomic E-state index is -0.667. The third-order valence-electron chi connectivity index (χ3n) is 12.1. The van der Waals surface area contributed by atoms with Gasteiger partial charge in [0.2, 0.25) is 5.95 Å². The van der Waals surface area contributed by atoms with E-state index in [1.165, 1.54) is 38.2 Å². The number of carboxylic acids is 1. The summed E-state index contributed by atoms with van der Waals surface area (Å²) in [5.74, 6) is 1.10. The molecule has 0 radical (unpaired) electrons. The highest BCUT2D eigenvalue weighted by atomic mass is 19.1. The predicted molar refractivity (Wildman–Crippen MR) is 186 cm³/mol. The minimum Gasteiger partial charge on any atom is -0.481 e. The molecule has 2 N–H and O–H groups in total. The second-order valence-electron chi connectivity index (χ2n) is 15.0. The van der Waals surface area contributed by atoms with E-state index in [0.29, 0.717) is 18.0 Å². The zero-order chi connectivity index (χ0) is 33.4. The van der Waals surface area contributed by atoms with E-state index < -0.39 is 5.97 Å². The van der Waals surface area contributed by atoms with Crippen molar-refractivity contribution < 1.29 is 14.3 Å². The topological polar surface area (TPSA) is 99.4 Å². The number of nitrogens with one attached hydrogen (secondary N) is 1. The first kappa shape index (κ1) is 33.0. The van der Waals surface area contributed by atoms with Crippen molar-refractivity contribution in [1.29, 1.82) is 0 Å². The molecular weight excluding hydrogens is 605 g/mol. The fourth-order valence-corrected chi connectivity index (χ4v) is 9.47. The summed E-state index contributed by atoms with van der Waals surface area (Å²) in [4.78, 5) is 27.2. The number of carbonyl (C=O) groups is 1. The van der Waals surface area contributed by atoms with Gasteiger partial charge in [0.15, 0.2) is 0 Å². The molecule has 7 rings (SSSR count). The number of hydrogen-bond donors (Lipinski definition) is 2. The predicted octanol–water partition coefficient (Wildman–Crippen LogP) is 6.90. The highest BCUT2D eigenvalue weighted by molar-refractivity contribution is 5.70. The fraction of sp³-hybridized carbons (Fsp3) is 0.632. The molecule has 3 fully saturated rings. The van der Waals surface area contributed by atoms with Crippen LogP contribution in [0.25, 0.3) is 0 Å². The van der Waals surface area contributed by atoms with E-state index in [2.05, 4.69) is 35.2 Å². The number of nitrogens with zero attached hydrogens (tertiary/aromatic N) is 6. The Morgan fingerprint density at radius 1 is 1.06 bits per heavy atom. The van der Waals surface area contributed by atoms with Gasteiger partial charge in [0, 0.05) is 50.5 Å². The summed E-state index contributed by atoms with van der Waals surface area (Å²) in [6.07, 6.45) is 15.1. The van der Waals surface area contributed by atoms with Gasteiger partial charge in [-0.05, 0) is 113 Å². The van der Waals surface area contributed by atoms with Crippen LogP contribution in [0.4, 0.5) is 16.2 Å². The molecule has 3 aromatic rings. The van der Waals surface area contributed by atoms with Gasteiger partial charge in [-0.3, -0.25) is 14.4 Å². The molecule has 4 heterocycles. The van der Waals surface area contributed by atoms with Crippen molar-refractivity contribution in [2.75, 3.05) is 23.8 Å². The molecule has 2 aromatic heterocycles. The Morgan fingerprint density at radius 3 is 2.50 bits per heavy atom. The fourth-order valence-electron chi connectivity index (χ4n) is 9.47. The maximum Gasteiger partial charge on any atom is 0.306 e. The van der Waals surface area contributed by atoms with Gasteiger partial charge in [0.05, 0.1) is 23.3 Å². The number of aryl methyl sites for hydroxylation is 2.